The molecule has 2 rings (SSSR count). The summed E-state index contributed by atoms with van der Waals surface area (Å²) < 4.78 is 0. The normalized spacial score (nSPS) is 17.5. The molecule has 4 nitrogen and oxygen atoms in total. The molecule has 0 unspecified atom stereocenters. The van der Waals surface area contributed by atoms with Crippen molar-refractivity contribution in [1.29, 1.82) is 0 Å². The van der Waals surface area contributed by atoms with Crippen molar-refractivity contribution in [2.24, 2.45) is 0 Å². The smallest absolute Gasteiger partial charge is 0.167 e. The Kier molecular flexibility index (Phi) is 3.19. The van der Waals surface area contributed by atoms with Gasteiger partial charge in [-0.3, -0.25) is 4.79 Å². The van der Waals surface area contributed by atoms with Crippen LogP contribution in [0.25, 0.3) is 0 Å². The minimum absolute atomic E-state index is 0.405. The third-order valence-corrected chi connectivity index (χ3v) is 2.86. The van der Waals surface area contributed by atoms with E-state index in [-0.39, 0.29) is 0 Å². The molecule has 0 amide bonds. The van der Waals surface area contributed by atoms with Crippen LogP contribution in [-0.2, 0) is 0 Å². The van der Waals surface area contributed by atoms with Crippen molar-refractivity contribution in [3.05, 3.63) is 30.8 Å². The van der Waals surface area contributed by atoms with Crippen LogP contribution in [0.4, 0.5) is 5.82 Å². The average molecular weight is 217 g/mol. The maximum atomic E-state index is 11.1. The summed E-state index contributed by atoms with van der Waals surface area (Å²) in [6, 6.07) is 3.40. The van der Waals surface area contributed by atoms with Gasteiger partial charge in [0, 0.05) is 44.9 Å². The zero-order valence-corrected chi connectivity index (χ0v) is 9.39. The molecule has 84 valence electrons. The van der Waals surface area contributed by atoms with Crippen LogP contribution in [-0.4, -0.2) is 48.9 Å². The van der Waals surface area contributed by atoms with Gasteiger partial charge in [0.15, 0.2) is 5.78 Å². The van der Waals surface area contributed by atoms with Crippen LogP contribution in [0.2, 0.25) is 0 Å². The van der Waals surface area contributed by atoms with Crippen molar-refractivity contribution in [1.82, 2.24) is 9.88 Å². The molecule has 0 N–H and O–H groups in total. The van der Waals surface area contributed by atoms with Gasteiger partial charge >= 0.3 is 0 Å². The van der Waals surface area contributed by atoms with E-state index in [9.17, 15) is 4.79 Å². The molecule has 1 fully saturated rings. The summed E-state index contributed by atoms with van der Waals surface area (Å²) in [6.45, 7) is 9.15. The Morgan fingerprint density at radius 2 is 2.06 bits per heavy atom. The highest BCUT2D eigenvalue weighted by Crippen LogP contribution is 2.14. The number of hydrogen-bond donors (Lipinski definition) is 0. The van der Waals surface area contributed by atoms with Gasteiger partial charge in [-0.15, -0.1) is 0 Å². The highest BCUT2D eigenvalue weighted by Gasteiger charge is 2.15. The van der Waals surface area contributed by atoms with Gasteiger partial charge < -0.3 is 9.80 Å². The third-order valence-electron chi connectivity index (χ3n) is 2.86. The number of hydrogen-bond acceptors (Lipinski definition) is 4. The van der Waals surface area contributed by atoms with Gasteiger partial charge in [0.2, 0.25) is 0 Å². The molecular weight excluding hydrogens is 202 g/mol. The molecule has 4 heteroatoms. The topological polar surface area (TPSA) is 36.4 Å². The standard InChI is InChI=1S/C12H15N3O/c1-10(16)11-3-4-13-12(9-11)15-7-5-14(2)6-8-15/h1,3-4,9H,5-8H2,2H3. The molecule has 0 bridgehead atoms. The largest absolute Gasteiger partial charge is 0.354 e. The van der Waals surface area contributed by atoms with Crippen LogP contribution in [0.15, 0.2) is 18.3 Å². The van der Waals surface area contributed by atoms with Crippen molar-refractivity contribution < 1.29 is 4.79 Å². The Morgan fingerprint density at radius 3 is 2.69 bits per heavy atom. The Labute approximate surface area is 95.9 Å². The molecule has 2 heterocycles. The molecule has 2 radical (unpaired) electrons. The molecule has 0 spiro atoms. The molecule has 1 aromatic rings. The Balaban J connectivity index is 2.14. The number of nitrogens with zero attached hydrogens (tertiary/aromatic N) is 3. The van der Waals surface area contributed by atoms with E-state index in [1.165, 1.54) is 0 Å². The van der Waals surface area contributed by atoms with Gasteiger partial charge in [-0.2, -0.15) is 0 Å². The first-order valence-electron chi connectivity index (χ1n) is 5.36. The number of carbonyl (C=O) groups is 1. The lowest BCUT2D eigenvalue weighted by Gasteiger charge is -2.33. The Morgan fingerprint density at radius 1 is 1.38 bits per heavy atom. The van der Waals surface area contributed by atoms with Gasteiger partial charge in [-0.25, -0.2) is 4.98 Å². The van der Waals surface area contributed by atoms with E-state index < -0.39 is 5.78 Å². The van der Waals surface area contributed by atoms with E-state index >= 15 is 0 Å². The fraction of sp³-hybridized carbons (Fsp3) is 0.417. The molecule has 0 atom stereocenters. The molecule has 1 aliphatic heterocycles. The lowest BCUT2D eigenvalue weighted by Crippen LogP contribution is -2.44. The second-order valence-corrected chi connectivity index (χ2v) is 4.06. The number of rotatable bonds is 2. The first-order chi connectivity index (χ1) is 7.66. The Bertz CT molecular complexity index is 384. The molecule has 1 aliphatic rings. The van der Waals surface area contributed by atoms with E-state index in [4.69, 9.17) is 6.92 Å². The summed E-state index contributed by atoms with van der Waals surface area (Å²) in [5.41, 5.74) is 0.518. The van der Waals surface area contributed by atoms with Crippen LogP contribution in [0, 0.1) is 6.92 Å². The van der Waals surface area contributed by atoms with Crippen molar-refractivity contribution in [3.8, 4) is 0 Å². The molecule has 0 saturated carbocycles. The van der Waals surface area contributed by atoms with Gasteiger partial charge in [0.1, 0.15) is 5.82 Å². The minimum atomic E-state index is -0.405. The van der Waals surface area contributed by atoms with E-state index in [1.807, 2.05) is 0 Å². The van der Waals surface area contributed by atoms with Gasteiger partial charge in [-0.1, -0.05) is 0 Å². The molecule has 1 aromatic heterocycles. The van der Waals surface area contributed by atoms with Crippen molar-refractivity contribution in [2.45, 2.75) is 0 Å². The molecular formula is C12H15N3O. The number of Topliss-reactive ketones (excluding diaryl/α,β-unsaturated/α-hetero) is 1. The third kappa shape index (κ3) is 2.39. The summed E-state index contributed by atoms with van der Waals surface area (Å²) in [4.78, 5) is 19.8. The number of aromatic nitrogens is 1. The summed E-state index contributed by atoms with van der Waals surface area (Å²) >= 11 is 0. The maximum absolute atomic E-state index is 11.1. The van der Waals surface area contributed by atoms with Crippen molar-refractivity contribution in [2.75, 3.05) is 38.1 Å². The molecule has 16 heavy (non-hydrogen) atoms. The predicted molar refractivity (Wildman–Crippen MR) is 62.6 cm³/mol. The van der Waals surface area contributed by atoms with E-state index in [0.717, 1.165) is 32.0 Å². The number of ketones is 1. The van der Waals surface area contributed by atoms with Crippen molar-refractivity contribution >= 4 is 11.6 Å². The maximum Gasteiger partial charge on any atom is 0.167 e. The van der Waals surface area contributed by atoms with Crippen LogP contribution < -0.4 is 4.90 Å². The van der Waals surface area contributed by atoms with Crippen LogP contribution in [0.3, 0.4) is 0 Å². The monoisotopic (exact) mass is 217 g/mol. The number of likely N-dealkylation sites (N-methyl/N-ethyl adjacent to an activating group) is 1. The second kappa shape index (κ2) is 4.61. The highest BCUT2D eigenvalue weighted by atomic mass is 16.1. The van der Waals surface area contributed by atoms with Crippen LogP contribution in [0.5, 0.6) is 0 Å². The number of anilines is 1. The van der Waals surface area contributed by atoms with Crippen molar-refractivity contribution in [3.63, 3.8) is 0 Å². The number of carbonyl (C=O) groups excluding carboxylic acids is 1. The minimum Gasteiger partial charge on any atom is -0.354 e. The quantitative estimate of drug-likeness (QED) is 0.684. The van der Waals surface area contributed by atoms with Gasteiger partial charge in [-0.05, 0) is 19.2 Å². The van der Waals surface area contributed by atoms with Crippen LogP contribution >= 0.6 is 0 Å². The second-order valence-electron chi connectivity index (χ2n) is 4.06. The molecule has 1 saturated heterocycles. The number of piperazine rings is 1. The average Bonchev–Trinajstić information content (AvgIpc) is 2.30. The summed E-state index contributed by atoms with van der Waals surface area (Å²) in [5, 5.41) is 0. The first-order valence-corrected chi connectivity index (χ1v) is 5.36. The summed E-state index contributed by atoms with van der Waals surface area (Å²) in [5.74, 6) is 0.433. The predicted octanol–water partition coefficient (Wildman–Crippen LogP) is 0.727. The lowest BCUT2D eigenvalue weighted by molar-refractivity contribution is 0.104. The number of pyridine rings is 1. The van der Waals surface area contributed by atoms with E-state index in [2.05, 4.69) is 21.8 Å². The fourth-order valence-electron chi connectivity index (χ4n) is 1.78. The fourth-order valence-corrected chi connectivity index (χ4v) is 1.78. The van der Waals surface area contributed by atoms with Crippen LogP contribution in [0.1, 0.15) is 10.4 Å². The lowest BCUT2D eigenvalue weighted by atomic mass is 10.2. The van der Waals surface area contributed by atoms with Gasteiger partial charge in [0.25, 0.3) is 0 Å². The SMILES string of the molecule is [CH]C(=O)c1ccnc(N2CCN(C)CC2)c1. The Hall–Kier alpha value is -1.42. The summed E-state index contributed by atoms with van der Waals surface area (Å²) in [7, 11) is 2.10. The van der Waals surface area contributed by atoms with E-state index in [0.29, 0.717) is 5.56 Å². The summed E-state index contributed by atoms with van der Waals surface area (Å²) in [6.07, 6.45) is 1.63. The first kappa shape index (κ1) is 11.1. The van der Waals surface area contributed by atoms with E-state index in [1.54, 1.807) is 18.3 Å². The molecule has 0 aliphatic carbocycles. The zero-order chi connectivity index (χ0) is 11.5. The van der Waals surface area contributed by atoms with Gasteiger partial charge in [0.05, 0.1) is 0 Å². The molecule has 0 aromatic carbocycles. The highest BCUT2D eigenvalue weighted by molar-refractivity contribution is 5.99. The zero-order valence-electron chi connectivity index (χ0n) is 9.39.